The van der Waals surface area contributed by atoms with E-state index in [0.29, 0.717) is 12.6 Å². The van der Waals surface area contributed by atoms with Gasteiger partial charge in [-0.05, 0) is 52.2 Å². The number of nitrogens with one attached hydrogen (secondary N) is 1. The van der Waals surface area contributed by atoms with Crippen LogP contribution in [0.3, 0.4) is 0 Å². The molecular weight excluding hydrogens is 308 g/mol. The fourth-order valence-electron chi connectivity index (χ4n) is 1.44. The molecule has 0 saturated carbocycles. The van der Waals surface area contributed by atoms with Gasteiger partial charge in [0.25, 0.3) is 0 Å². The molecule has 0 spiro atoms. The van der Waals surface area contributed by atoms with Crippen LogP contribution in [0.25, 0.3) is 0 Å². The van der Waals surface area contributed by atoms with Gasteiger partial charge in [0.2, 0.25) is 8.32 Å². The molecular formula is C11H32N2O4Si3. The molecule has 0 saturated heterocycles. The van der Waals surface area contributed by atoms with Gasteiger partial charge in [-0.15, -0.1) is 0 Å². The zero-order valence-electron chi connectivity index (χ0n) is 13.8. The quantitative estimate of drug-likeness (QED) is 0.229. The maximum Gasteiger partial charge on any atom is 0.515 e. The number of rotatable bonds is 11. The highest BCUT2D eigenvalue weighted by Gasteiger charge is 2.43. The van der Waals surface area contributed by atoms with Crippen molar-refractivity contribution in [1.29, 1.82) is 0 Å². The second-order valence-electron chi connectivity index (χ2n) is 6.85. The Morgan fingerprint density at radius 2 is 1.55 bits per heavy atom. The summed E-state index contributed by atoms with van der Waals surface area (Å²) in [6, 6.07) is 0.499. The fourth-order valence-corrected chi connectivity index (χ4v) is 8.04. The second-order valence-corrected chi connectivity index (χ2v) is 18.4. The van der Waals surface area contributed by atoms with E-state index in [1.54, 1.807) is 0 Å². The summed E-state index contributed by atoms with van der Waals surface area (Å²) in [6.07, 6.45) is 0.780. The monoisotopic (exact) mass is 340 g/mol. The Balaban J connectivity index is 4.38. The summed E-state index contributed by atoms with van der Waals surface area (Å²) in [5, 5.41) is 3.20. The average molecular weight is 341 g/mol. The van der Waals surface area contributed by atoms with E-state index in [4.69, 9.17) is 19.0 Å². The van der Waals surface area contributed by atoms with Crippen LogP contribution in [0.1, 0.15) is 6.42 Å². The molecule has 0 heterocycles. The highest BCUT2D eigenvalue weighted by molar-refractivity contribution is 6.79. The van der Waals surface area contributed by atoms with Crippen LogP contribution < -0.4 is 11.1 Å². The third kappa shape index (κ3) is 12.2. The van der Waals surface area contributed by atoms with Crippen molar-refractivity contribution in [2.75, 3.05) is 19.6 Å². The lowest BCUT2D eigenvalue weighted by molar-refractivity contribution is -0.160. The van der Waals surface area contributed by atoms with Crippen LogP contribution in [0.2, 0.25) is 45.3 Å². The SMILES string of the molecule is C[Si](C)(C)OO[Si](O)(CCCNCCN)O[Si](C)(C)C. The van der Waals surface area contributed by atoms with Gasteiger partial charge in [0, 0.05) is 19.1 Å². The van der Waals surface area contributed by atoms with Gasteiger partial charge >= 0.3 is 8.80 Å². The molecule has 0 fully saturated rings. The first kappa shape index (κ1) is 20.4. The van der Waals surface area contributed by atoms with Gasteiger partial charge < -0.3 is 20.0 Å². The topological polar surface area (TPSA) is 86.0 Å². The van der Waals surface area contributed by atoms with Gasteiger partial charge in [-0.2, -0.15) is 0 Å². The summed E-state index contributed by atoms with van der Waals surface area (Å²) in [7, 11) is -6.98. The zero-order valence-corrected chi connectivity index (χ0v) is 16.8. The Hall–Kier alpha value is 0.411. The molecule has 1 unspecified atom stereocenters. The van der Waals surface area contributed by atoms with E-state index >= 15 is 0 Å². The maximum atomic E-state index is 10.6. The fraction of sp³-hybridized carbons (Fsp3) is 1.00. The Morgan fingerprint density at radius 3 is 2.00 bits per heavy atom. The van der Waals surface area contributed by atoms with Gasteiger partial charge in [-0.1, -0.05) is 0 Å². The molecule has 4 N–H and O–H groups in total. The van der Waals surface area contributed by atoms with E-state index < -0.39 is 25.4 Å². The van der Waals surface area contributed by atoms with E-state index in [1.807, 2.05) is 39.3 Å². The van der Waals surface area contributed by atoms with Gasteiger partial charge in [0.1, 0.15) is 0 Å². The predicted molar refractivity (Wildman–Crippen MR) is 89.3 cm³/mol. The molecule has 0 aliphatic heterocycles. The third-order valence-electron chi connectivity index (χ3n) is 2.05. The molecule has 1 atom stereocenters. The molecule has 0 aliphatic rings. The van der Waals surface area contributed by atoms with E-state index in [0.717, 1.165) is 19.5 Å². The normalized spacial score (nSPS) is 16.2. The second kappa shape index (κ2) is 8.76. The van der Waals surface area contributed by atoms with Crippen molar-refractivity contribution in [2.24, 2.45) is 5.73 Å². The molecule has 20 heavy (non-hydrogen) atoms. The lowest BCUT2D eigenvalue weighted by Gasteiger charge is -2.32. The minimum Gasteiger partial charge on any atom is -0.415 e. The molecule has 6 nitrogen and oxygen atoms in total. The van der Waals surface area contributed by atoms with E-state index in [-0.39, 0.29) is 0 Å². The van der Waals surface area contributed by atoms with Crippen molar-refractivity contribution in [3.8, 4) is 0 Å². The van der Waals surface area contributed by atoms with Crippen LogP contribution >= 0.6 is 0 Å². The summed E-state index contributed by atoms with van der Waals surface area (Å²) in [5.41, 5.74) is 5.41. The predicted octanol–water partition coefficient (Wildman–Crippen LogP) is 1.49. The molecule has 122 valence electrons. The first-order chi connectivity index (χ1) is 8.97. The summed E-state index contributed by atoms with van der Waals surface area (Å²) in [4.78, 5) is 10.6. The van der Waals surface area contributed by atoms with Crippen molar-refractivity contribution < 1.29 is 18.1 Å². The summed E-state index contributed by atoms with van der Waals surface area (Å²) in [6.45, 7) is 14.3. The minimum absolute atomic E-state index is 0.499. The summed E-state index contributed by atoms with van der Waals surface area (Å²) < 4.78 is 16.7. The molecule has 0 aliphatic carbocycles. The lowest BCUT2D eigenvalue weighted by atomic mass is 10.5. The number of hydrogen-bond acceptors (Lipinski definition) is 6. The van der Waals surface area contributed by atoms with Gasteiger partial charge in [0.05, 0.1) is 0 Å². The van der Waals surface area contributed by atoms with Gasteiger partial charge in [-0.3, -0.25) is 4.58 Å². The van der Waals surface area contributed by atoms with Crippen molar-refractivity contribution in [2.45, 2.75) is 51.7 Å². The van der Waals surface area contributed by atoms with E-state index in [9.17, 15) is 4.80 Å². The Bertz CT molecular complexity index is 271. The Kier molecular flexibility index (Phi) is 8.94. The van der Waals surface area contributed by atoms with Crippen molar-refractivity contribution in [3.05, 3.63) is 0 Å². The molecule has 0 radical (unpaired) electrons. The third-order valence-corrected chi connectivity index (χ3v) is 7.86. The van der Waals surface area contributed by atoms with Crippen molar-refractivity contribution in [3.63, 3.8) is 0 Å². The molecule has 9 heteroatoms. The van der Waals surface area contributed by atoms with Gasteiger partial charge in [-0.25, -0.2) is 4.58 Å². The standard InChI is InChI=1S/C11H32N2O4Si3/c1-18(2,3)15-16-20(14,17-19(4,5)6)11-7-9-13-10-8-12/h13-14H,7-12H2,1-6H3. The highest BCUT2D eigenvalue weighted by atomic mass is 28.5. The Morgan fingerprint density at radius 1 is 0.950 bits per heavy atom. The molecule has 0 bridgehead atoms. The van der Waals surface area contributed by atoms with Crippen LogP contribution in [-0.4, -0.2) is 49.9 Å². The van der Waals surface area contributed by atoms with Crippen molar-refractivity contribution in [1.82, 2.24) is 5.32 Å². The molecule has 0 aromatic carbocycles. The first-order valence-electron chi connectivity index (χ1n) is 7.18. The Labute approximate surface area is 126 Å². The van der Waals surface area contributed by atoms with Gasteiger partial charge in [0.15, 0.2) is 8.32 Å². The number of nitrogens with two attached hydrogens (primary N) is 1. The molecule has 0 rings (SSSR count). The largest absolute Gasteiger partial charge is 0.515 e. The summed E-state index contributed by atoms with van der Waals surface area (Å²) >= 11 is 0. The average Bonchev–Trinajstić information content (AvgIpc) is 2.23. The summed E-state index contributed by atoms with van der Waals surface area (Å²) in [5.74, 6) is 0. The molecule has 0 amide bonds. The zero-order chi connectivity index (χ0) is 15.9. The van der Waals surface area contributed by atoms with Crippen LogP contribution in [0.5, 0.6) is 0 Å². The van der Waals surface area contributed by atoms with Crippen LogP contribution in [-0.2, 0) is 13.3 Å². The first-order valence-corrected chi connectivity index (χ1v) is 16.0. The molecule has 0 aromatic rings. The van der Waals surface area contributed by atoms with Crippen molar-refractivity contribution >= 4 is 25.4 Å². The molecule has 0 aromatic heterocycles. The lowest BCUT2D eigenvalue weighted by Crippen LogP contribution is -2.51. The minimum atomic E-state index is -3.25. The highest BCUT2D eigenvalue weighted by Crippen LogP contribution is 2.21. The maximum absolute atomic E-state index is 10.6. The van der Waals surface area contributed by atoms with Crippen LogP contribution in [0, 0.1) is 0 Å². The van der Waals surface area contributed by atoms with E-state index in [2.05, 4.69) is 5.32 Å². The number of hydrogen-bond donors (Lipinski definition) is 3. The van der Waals surface area contributed by atoms with E-state index in [1.165, 1.54) is 0 Å². The van der Waals surface area contributed by atoms with Crippen LogP contribution in [0.4, 0.5) is 0 Å². The van der Waals surface area contributed by atoms with Crippen LogP contribution in [0.15, 0.2) is 0 Å². The smallest absolute Gasteiger partial charge is 0.415 e.